The lowest BCUT2D eigenvalue weighted by Gasteiger charge is -2.11. The van der Waals surface area contributed by atoms with E-state index in [4.69, 9.17) is 5.11 Å². The maximum absolute atomic E-state index is 11.4. The largest absolute Gasteiger partial charge is 0.481 e. The van der Waals surface area contributed by atoms with Crippen LogP contribution in [0.1, 0.15) is 19.3 Å². The highest BCUT2D eigenvalue weighted by atomic mass is 32.2. The molecule has 1 heterocycles. The molecule has 1 aliphatic heterocycles. The Kier molecular flexibility index (Phi) is 4.49. The zero-order valence-electron chi connectivity index (χ0n) is 8.40. The zero-order chi connectivity index (χ0) is 11.3. The van der Waals surface area contributed by atoms with Crippen molar-refractivity contribution in [2.24, 2.45) is 0 Å². The summed E-state index contributed by atoms with van der Waals surface area (Å²) in [5.74, 6) is -1.08. The lowest BCUT2D eigenvalue weighted by Crippen LogP contribution is -2.37. The van der Waals surface area contributed by atoms with Crippen molar-refractivity contribution in [1.29, 1.82) is 0 Å². The van der Waals surface area contributed by atoms with E-state index in [9.17, 15) is 13.2 Å². The minimum atomic E-state index is -3.31. The summed E-state index contributed by atoms with van der Waals surface area (Å²) in [5, 5.41) is 11.4. The smallest absolute Gasteiger partial charge is 0.303 e. The van der Waals surface area contributed by atoms with Crippen LogP contribution in [0.25, 0.3) is 0 Å². The monoisotopic (exact) mass is 236 g/mol. The second-order valence-corrected chi connectivity index (χ2v) is 5.50. The fourth-order valence-electron chi connectivity index (χ4n) is 1.48. The van der Waals surface area contributed by atoms with Crippen LogP contribution in [-0.2, 0) is 14.8 Å². The fraction of sp³-hybridized carbons (Fsp3) is 0.875. The molecule has 15 heavy (non-hydrogen) atoms. The van der Waals surface area contributed by atoms with Crippen LogP contribution < -0.4 is 10.0 Å². The van der Waals surface area contributed by atoms with Gasteiger partial charge >= 0.3 is 5.97 Å². The summed E-state index contributed by atoms with van der Waals surface area (Å²) in [6.07, 6.45) is 0.840. The van der Waals surface area contributed by atoms with E-state index in [-0.39, 0.29) is 24.6 Å². The molecular formula is C8H16N2O4S. The van der Waals surface area contributed by atoms with Crippen LogP contribution in [0.2, 0.25) is 0 Å². The predicted octanol–water partition coefficient (Wildman–Crippen LogP) is -0.867. The van der Waals surface area contributed by atoms with Gasteiger partial charge in [-0.15, -0.1) is 0 Å². The van der Waals surface area contributed by atoms with Gasteiger partial charge in [-0.2, -0.15) is 0 Å². The summed E-state index contributed by atoms with van der Waals surface area (Å²) in [6.45, 7) is 1.47. The summed E-state index contributed by atoms with van der Waals surface area (Å²) >= 11 is 0. The molecule has 0 aromatic rings. The number of aliphatic carboxylic acids is 1. The van der Waals surface area contributed by atoms with Crippen molar-refractivity contribution in [3.8, 4) is 0 Å². The Balaban J connectivity index is 2.28. The highest BCUT2D eigenvalue weighted by Crippen LogP contribution is 2.02. The van der Waals surface area contributed by atoms with Crippen LogP contribution in [-0.4, -0.2) is 44.4 Å². The molecule has 0 unspecified atom stereocenters. The van der Waals surface area contributed by atoms with Crippen LogP contribution in [0.3, 0.4) is 0 Å². The molecule has 0 amide bonds. The van der Waals surface area contributed by atoms with Crippen LogP contribution >= 0.6 is 0 Å². The van der Waals surface area contributed by atoms with Crippen LogP contribution in [0.15, 0.2) is 0 Å². The number of carboxylic acid groups (broad SMARTS) is 1. The zero-order valence-corrected chi connectivity index (χ0v) is 9.22. The normalized spacial score (nSPS) is 21.7. The predicted molar refractivity (Wildman–Crippen MR) is 55.1 cm³/mol. The molecule has 1 saturated heterocycles. The van der Waals surface area contributed by atoms with Gasteiger partial charge in [0.2, 0.25) is 10.0 Å². The van der Waals surface area contributed by atoms with E-state index in [1.807, 2.05) is 0 Å². The number of carboxylic acids is 1. The first-order valence-corrected chi connectivity index (χ1v) is 6.57. The Morgan fingerprint density at radius 3 is 2.80 bits per heavy atom. The van der Waals surface area contributed by atoms with E-state index in [1.54, 1.807) is 0 Å². The summed E-state index contributed by atoms with van der Waals surface area (Å²) < 4.78 is 25.4. The third-order valence-corrected chi connectivity index (χ3v) is 3.73. The summed E-state index contributed by atoms with van der Waals surface area (Å²) in [6, 6.07) is -0.0418. The molecule has 3 N–H and O–H groups in total. The Morgan fingerprint density at radius 2 is 2.27 bits per heavy atom. The van der Waals surface area contributed by atoms with Gasteiger partial charge in [-0.05, 0) is 19.4 Å². The molecule has 0 radical (unpaired) electrons. The molecule has 1 atom stereocenters. The summed E-state index contributed by atoms with van der Waals surface area (Å²) in [4.78, 5) is 10.2. The first kappa shape index (κ1) is 12.4. The van der Waals surface area contributed by atoms with Crippen molar-refractivity contribution in [3.05, 3.63) is 0 Å². The topological polar surface area (TPSA) is 95.5 Å². The van der Waals surface area contributed by atoms with Crippen molar-refractivity contribution in [2.45, 2.75) is 25.3 Å². The lowest BCUT2D eigenvalue weighted by atomic mass is 10.3. The number of hydrogen-bond donors (Lipinski definition) is 3. The van der Waals surface area contributed by atoms with Gasteiger partial charge in [0.05, 0.1) is 5.75 Å². The molecule has 0 spiro atoms. The molecule has 6 nitrogen and oxygen atoms in total. The molecule has 0 bridgehead atoms. The Hall–Kier alpha value is -0.660. The molecule has 0 aromatic heterocycles. The first-order valence-electron chi connectivity index (χ1n) is 4.92. The van der Waals surface area contributed by atoms with Gasteiger partial charge < -0.3 is 10.4 Å². The number of carbonyl (C=O) groups is 1. The van der Waals surface area contributed by atoms with E-state index in [2.05, 4.69) is 10.0 Å². The number of rotatable bonds is 6. The number of sulfonamides is 1. The first-order chi connectivity index (χ1) is 6.99. The fourth-order valence-corrected chi connectivity index (χ4v) is 2.83. The number of nitrogens with one attached hydrogen (secondary N) is 2. The van der Waals surface area contributed by atoms with Gasteiger partial charge in [0.15, 0.2) is 0 Å². The molecular weight excluding hydrogens is 220 g/mol. The molecule has 88 valence electrons. The third kappa shape index (κ3) is 5.10. The van der Waals surface area contributed by atoms with Gasteiger partial charge in [-0.3, -0.25) is 4.79 Å². The quantitative estimate of drug-likeness (QED) is 0.557. The minimum absolute atomic E-state index is 0.0418. The summed E-state index contributed by atoms with van der Waals surface area (Å²) in [7, 11) is -3.31. The van der Waals surface area contributed by atoms with Crippen LogP contribution in [0.5, 0.6) is 0 Å². The lowest BCUT2D eigenvalue weighted by molar-refractivity contribution is -0.137. The van der Waals surface area contributed by atoms with E-state index in [0.29, 0.717) is 6.54 Å². The van der Waals surface area contributed by atoms with Gasteiger partial charge in [0, 0.05) is 19.0 Å². The molecule has 0 aromatic carbocycles. The second-order valence-electron chi connectivity index (χ2n) is 3.62. The Morgan fingerprint density at radius 1 is 1.53 bits per heavy atom. The van der Waals surface area contributed by atoms with E-state index in [0.717, 1.165) is 13.0 Å². The van der Waals surface area contributed by atoms with Gasteiger partial charge in [0.25, 0.3) is 0 Å². The van der Waals surface area contributed by atoms with Crippen molar-refractivity contribution >= 4 is 16.0 Å². The molecule has 1 rings (SSSR count). The maximum Gasteiger partial charge on any atom is 0.303 e. The number of hydrogen-bond acceptors (Lipinski definition) is 4. The van der Waals surface area contributed by atoms with Gasteiger partial charge in [0.1, 0.15) is 0 Å². The van der Waals surface area contributed by atoms with Crippen LogP contribution in [0.4, 0.5) is 0 Å². The molecule has 1 fully saturated rings. The highest BCUT2D eigenvalue weighted by molar-refractivity contribution is 7.89. The maximum atomic E-state index is 11.4. The van der Waals surface area contributed by atoms with Crippen molar-refractivity contribution < 1.29 is 18.3 Å². The molecule has 0 aliphatic carbocycles. The standard InChI is InChI=1S/C8H16N2O4S/c11-8(12)2-1-5-15(13,14)10-7-3-4-9-6-7/h7,9-10H,1-6H2,(H,11,12)/t7-/m0/s1. The summed E-state index contributed by atoms with van der Waals surface area (Å²) in [5.41, 5.74) is 0. The molecule has 0 saturated carbocycles. The molecule has 1 aliphatic rings. The third-order valence-electron chi connectivity index (χ3n) is 2.21. The van der Waals surface area contributed by atoms with E-state index >= 15 is 0 Å². The highest BCUT2D eigenvalue weighted by Gasteiger charge is 2.20. The van der Waals surface area contributed by atoms with Gasteiger partial charge in [-0.1, -0.05) is 0 Å². The van der Waals surface area contributed by atoms with E-state index in [1.165, 1.54) is 0 Å². The van der Waals surface area contributed by atoms with Crippen molar-refractivity contribution in [1.82, 2.24) is 10.0 Å². The Bertz CT molecular complexity index is 309. The minimum Gasteiger partial charge on any atom is -0.481 e. The Labute approximate surface area is 89.1 Å². The van der Waals surface area contributed by atoms with Crippen LogP contribution in [0, 0.1) is 0 Å². The van der Waals surface area contributed by atoms with Gasteiger partial charge in [-0.25, -0.2) is 13.1 Å². The average molecular weight is 236 g/mol. The van der Waals surface area contributed by atoms with Crippen molar-refractivity contribution in [2.75, 3.05) is 18.8 Å². The SMILES string of the molecule is O=C(O)CCCS(=O)(=O)N[C@H]1CCNC1. The van der Waals surface area contributed by atoms with Crippen molar-refractivity contribution in [3.63, 3.8) is 0 Å². The molecule has 7 heteroatoms. The van der Waals surface area contributed by atoms with E-state index < -0.39 is 16.0 Å². The second kappa shape index (κ2) is 5.43. The average Bonchev–Trinajstić information content (AvgIpc) is 2.54.